The van der Waals surface area contributed by atoms with Crippen molar-refractivity contribution in [1.82, 2.24) is 0 Å². The van der Waals surface area contributed by atoms with Gasteiger partial charge >= 0.3 is 0 Å². The highest BCUT2D eigenvalue weighted by Crippen LogP contribution is 2.35. The number of rotatable bonds is 3. The van der Waals surface area contributed by atoms with Gasteiger partial charge in [0.1, 0.15) is 0 Å². The topological polar surface area (TPSA) is 17.1 Å². The number of carbonyl (C=O) groups excluding carboxylic acids is 1. The van der Waals surface area contributed by atoms with Crippen LogP contribution in [0.1, 0.15) is 57.8 Å². The Morgan fingerprint density at radius 2 is 1.76 bits per heavy atom. The summed E-state index contributed by atoms with van der Waals surface area (Å²) in [6.45, 7) is 4.07. The Kier molecular flexibility index (Phi) is 3.92. The van der Waals surface area contributed by atoms with Gasteiger partial charge in [0.2, 0.25) is 0 Å². The van der Waals surface area contributed by atoms with Crippen LogP contribution >= 0.6 is 0 Å². The first kappa shape index (κ1) is 14.1. The van der Waals surface area contributed by atoms with Gasteiger partial charge in [0.15, 0.2) is 5.78 Å². The molecule has 1 heteroatoms. The maximum atomic E-state index is 12.8. The molecule has 0 spiro atoms. The monoisotopic (exact) mass is 278 g/mol. The van der Waals surface area contributed by atoms with Gasteiger partial charge in [-0.15, -0.1) is 0 Å². The lowest BCUT2D eigenvalue weighted by molar-refractivity contribution is 0.0970. The lowest BCUT2D eigenvalue weighted by atomic mass is 9.79. The molecule has 0 saturated heterocycles. The minimum atomic E-state index is 0.298. The van der Waals surface area contributed by atoms with Crippen LogP contribution < -0.4 is 0 Å². The van der Waals surface area contributed by atoms with E-state index < -0.39 is 0 Å². The van der Waals surface area contributed by atoms with Gasteiger partial charge in [-0.25, -0.2) is 0 Å². The third kappa shape index (κ3) is 2.78. The number of fused-ring (bicyclic) bond motifs is 1. The molecule has 3 rings (SSSR count). The third-order valence-electron chi connectivity index (χ3n) is 4.69. The molecule has 1 aliphatic rings. The van der Waals surface area contributed by atoms with Gasteiger partial charge in [-0.1, -0.05) is 42.5 Å². The summed E-state index contributed by atoms with van der Waals surface area (Å²) in [7, 11) is 0. The smallest absolute Gasteiger partial charge is 0.164 e. The van der Waals surface area contributed by atoms with E-state index in [0.717, 1.165) is 29.5 Å². The van der Waals surface area contributed by atoms with Crippen LogP contribution in [-0.2, 0) is 6.42 Å². The summed E-state index contributed by atoms with van der Waals surface area (Å²) >= 11 is 0. The molecular weight excluding hydrogens is 256 g/mol. The van der Waals surface area contributed by atoms with Gasteiger partial charge < -0.3 is 0 Å². The van der Waals surface area contributed by atoms with E-state index in [9.17, 15) is 4.79 Å². The maximum absolute atomic E-state index is 12.8. The zero-order chi connectivity index (χ0) is 14.8. The zero-order valence-electron chi connectivity index (χ0n) is 12.9. The summed E-state index contributed by atoms with van der Waals surface area (Å²) in [5.74, 6) is 0.689. The number of hydrogen-bond acceptors (Lipinski definition) is 1. The van der Waals surface area contributed by atoms with E-state index >= 15 is 0 Å². The molecule has 1 unspecified atom stereocenters. The van der Waals surface area contributed by atoms with Crippen LogP contribution in [0.2, 0.25) is 0 Å². The van der Waals surface area contributed by atoms with Gasteiger partial charge in [-0.2, -0.15) is 0 Å². The highest BCUT2D eigenvalue weighted by molar-refractivity contribution is 5.99. The van der Waals surface area contributed by atoms with Crippen LogP contribution in [0, 0.1) is 13.8 Å². The molecule has 0 fully saturated rings. The molecule has 21 heavy (non-hydrogen) atoms. The highest BCUT2D eigenvalue weighted by atomic mass is 16.1. The summed E-state index contributed by atoms with van der Waals surface area (Å²) in [6, 6.07) is 14.7. The van der Waals surface area contributed by atoms with E-state index in [4.69, 9.17) is 0 Å². The van der Waals surface area contributed by atoms with Crippen molar-refractivity contribution in [1.29, 1.82) is 0 Å². The molecule has 0 aliphatic heterocycles. The van der Waals surface area contributed by atoms with Crippen molar-refractivity contribution in [3.05, 3.63) is 70.3 Å². The minimum Gasteiger partial charge on any atom is -0.294 e. The number of hydrogen-bond donors (Lipinski definition) is 0. The van der Waals surface area contributed by atoms with Crippen LogP contribution in [0.25, 0.3) is 0 Å². The normalized spacial score (nSPS) is 17.3. The van der Waals surface area contributed by atoms with Gasteiger partial charge in [-0.3, -0.25) is 4.79 Å². The Labute approximate surface area is 127 Å². The van der Waals surface area contributed by atoms with Crippen molar-refractivity contribution >= 4 is 5.78 Å². The van der Waals surface area contributed by atoms with Crippen molar-refractivity contribution in [3.63, 3.8) is 0 Å². The number of Topliss-reactive ketones (excluding diaryl/α,β-unsaturated/α-hetero) is 1. The Hall–Kier alpha value is -1.89. The number of benzene rings is 2. The third-order valence-corrected chi connectivity index (χ3v) is 4.69. The summed E-state index contributed by atoms with van der Waals surface area (Å²) in [6.07, 6.45) is 4.13. The average Bonchev–Trinajstić information content (AvgIpc) is 2.47. The largest absolute Gasteiger partial charge is 0.294 e. The first-order valence-electron chi connectivity index (χ1n) is 7.84. The van der Waals surface area contributed by atoms with Crippen LogP contribution in [0.3, 0.4) is 0 Å². The number of carbonyl (C=O) groups is 1. The predicted octanol–water partition coefficient (Wildman–Crippen LogP) is 5.00. The Morgan fingerprint density at radius 3 is 2.52 bits per heavy atom. The van der Waals surface area contributed by atoms with Crippen molar-refractivity contribution in [3.8, 4) is 0 Å². The van der Waals surface area contributed by atoms with Crippen molar-refractivity contribution in [2.75, 3.05) is 0 Å². The molecule has 0 heterocycles. The second-order valence-corrected chi connectivity index (χ2v) is 6.18. The van der Waals surface area contributed by atoms with Crippen LogP contribution in [-0.4, -0.2) is 5.78 Å². The Morgan fingerprint density at radius 1 is 1.05 bits per heavy atom. The van der Waals surface area contributed by atoms with Crippen molar-refractivity contribution < 1.29 is 4.79 Å². The van der Waals surface area contributed by atoms with Gasteiger partial charge in [0, 0.05) is 12.0 Å². The van der Waals surface area contributed by atoms with Gasteiger partial charge in [-0.05, 0) is 61.3 Å². The Balaban J connectivity index is 1.86. The predicted molar refractivity (Wildman–Crippen MR) is 87.0 cm³/mol. The van der Waals surface area contributed by atoms with Crippen molar-refractivity contribution in [2.45, 2.75) is 45.4 Å². The highest BCUT2D eigenvalue weighted by Gasteiger charge is 2.23. The fourth-order valence-electron chi connectivity index (χ4n) is 3.65. The summed E-state index contributed by atoms with van der Waals surface area (Å²) in [5, 5.41) is 0. The standard InChI is InChI=1S/C20H22O/c1-14-7-5-8-15(2)20(14)19(21)13-17-11-6-10-16-9-3-4-12-18(16)17/h3-5,7-9,12,17H,6,10-11,13H2,1-2H3. The molecule has 1 atom stereocenters. The zero-order valence-corrected chi connectivity index (χ0v) is 12.9. The molecule has 1 aliphatic carbocycles. The minimum absolute atomic E-state index is 0.298. The molecular formula is C20H22O. The molecule has 108 valence electrons. The molecule has 2 aromatic rings. The fraction of sp³-hybridized carbons (Fsp3) is 0.350. The van der Waals surface area contributed by atoms with Crippen LogP contribution in [0.4, 0.5) is 0 Å². The lowest BCUT2D eigenvalue weighted by Gasteiger charge is -2.25. The first-order chi connectivity index (χ1) is 10.2. The fourth-order valence-corrected chi connectivity index (χ4v) is 3.65. The molecule has 0 saturated carbocycles. The second kappa shape index (κ2) is 5.85. The molecule has 1 nitrogen and oxygen atoms in total. The Bertz CT molecular complexity index is 649. The summed E-state index contributed by atoms with van der Waals surface area (Å²) in [4.78, 5) is 12.8. The molecule has 2 aromatic carbocycles. The van der Waals surface area contributed by atoms with E-state index in [1.54, 1.807) is 0 Å². The van der Waals surface area contributed by atoms with E-state index in [-0.39, 0.29) is 0 Å². The van der Waals surface area contributed by atoms with Crippen molar-refractivity contribution in [2.24, 2.45) is 0 Å². The van der Waals surface area contributed by atoms with Crippen LogP contribution in [0.15, 0.2) is 42.5 Å². The van der Waals surface area contributed by atoms with Gasteiger partial charge in [0.05, 0.1) is 0 Å². The number of ketones is 1. The molecule has 0 amide bonds. The van der Waals surface area contributed by atoms with E-state index in [0.29, 0.717) is 18.1 Å². The molecule has 0 aromatic heterocycles. The molecule has 0 bridgehead atoms. The second-order valence-electron chi connectivity index (χ2n) is 6.18. The molecule has 0 N–H and O–H groups in total. The van der Waals surface area contributed by atoms with Gasteiger partial charge in [0.25, 0.3) is 0 Å². The average molecular weight is 278 g/mol. The van der Waals surface area contributed by atoms with E-state index in [1.807, 2.05) is 32.0 Å². The first-order valence-corrected chi connectivity index (χ1v) is 7.84. The SMILES string of the molecule is Cc1cccc(C)c1C(=O)CC1CCCc2ccccc21. The summed E-state index contributed by atoms with van der Waals surface area (Å²) in [5.41, 5.74) is 5.96. The number of aryl methyl sites for hydroxylation is 3. The quantitative estimate of drug-likeness (QED) is 0.722. The molecule has 0 radical (unpaired) electrons. The van der Waals surface area contributed by atoms with E-state index in [2.05, 4.69) is 24.3 Å². The van der Waals surface area contributed by atoms with E-state index in [1.165, 1.54) is 17.5 Å². The maximum Gasteiger partial charge on any atom is 0.164 e. The lowest BCUT2D eigenvalue weighted by Crippen LogP contribution is -2.15. The summed E-state index contributed by atoms with van der Waals surface area (Å²) < 4.78 is 0. The van der Waals surface area contributed by atoms with Crippen LogP contribution in [0.5, 0.6) is 0 Å².